The Balaban J connectivity index is 5.12. The zero-order chi connectivity index (χ0) is 18.4. The molecule has 0 N–H and O–H groups in total. The Labute approximate surface area is 150 Å². The summed E-state index contributed by atoms with van der Waals surface area (Å²) in [7, 11) is -7.55. The van der Waals surface area contributed by atoms with Crippen molar-refractivity contribution in [2.24, 2.45) is 0 Å². The average Bonchev–Trinajstić information content (AvgIpc) is 2.49. The number of hydrogen-bond acceptors (Lipinski definition) is 3. The second-order valence-corrected chi connectivity index (χ2v) is 24.6. The SMILES string of the molecule is CC[Si](CC)(CC)O[Si](C)(C)O[Si](C)(C)O[Si](CC)(CC)CC. The van der Waals surface area contributed by atoms with Crippen molar-refractivity contribution in [3.8, 4) is 0 Å². The van der Waals surface area contributed by atoms with Crippen LogP contribution in [0.5, 0.6) is 0 Å². The van der Waals surface area contributed by atoms with Gasteiger partial charge in [0.15, 0.2) is 16.6 Å². The van der Waals surface area contributed by atoms with Gasteiger partial charge in [-0.15, -0.1) is 0 Å². The van der Waals surface area contributed by atoms with Crippen molar-refractivity contribution in [3.63, 3.8) is 0 Å². The van der Waals surface area contributed by atoms with E-state index in [4.69, 9.17) is 12.3 Å². The third-order valence-electron chi connectivity index (χ3n) is 5.28. The van der Waals surface area contributed by atoms with Crippen molar-refractivity contribution in [1.29, 1.82) is 0 Å². The van der Waals surface area contributed by atoms with Crippen molar-refractivity contribution < 1.29 is 12.3 Å². The Morgan fingerprint density at radius 2 is 0.652 bits per heavy atom. The quantitative estimate of drug-likeness (QED) is 0.356. The Morgan fingerprint density at radius 3 is 0.826 bits per heavy atom. The van der Waals surface area contributed by atoms with Crippen molar-refractivity contribution in [1.82, 2.24) is 0 Å². The number of hydrogen-bond donors (Lipinski definition) is 0. The second kappa shape index (κ2) is 9.45. The van der Waals surface area contributed by atoms with E-state index in [9.17, 15) is 0 Å². The summed E-state index contributed by atoms with van der Waals surface area (Å²) in [6.07, 6.45) is 0. The van der Waals surface area contributed by atoms with Gasteiger partial charge in [0.2, 0.25) is 0 Å². The fourth-order valence-corrected chi connectivity index (χ4v) is 24.2. The van der Waals surface area contributed by atoms with Gasteiger partial charge >= 0.3 is 17.1 Å². The van der Waals surface area contributed by atoms with Crippen molar-refractivity contribution >= 4 is 33.8 Å². The van der Waals surface area contributed by atoms with Crippen LogP contribution < -0.4 is 0 Å². The molecule has 7 heteroatoms. The van der Waals surface area contributed by atoms with Crippen molar-refractivity contribution in [3.05, 3.63) is 0 Å². The van der Waals surface area contributed by atoms with Gasteiger partial charge in [0.05, 0.1) is 0 Å². The Morgan fingerprint density at radius 1 is 0.435 bits per heavy atom. The molecule has 23 heavy (non-hydrogen) atoms. The largest absolute Gasteiger partial charge is 0.436 e. The van der Waals surface area contributed by atoms with Gasteiger partial charge in [0.1, 0.15) is 0 Å². The molecule has 0 aliphatic rings. The van der Waals surface area contributed by atoms with Crippen LogP contribution in [0.2, 0.25) is 62.5 Å². The molecule has 0 amide bonds. The van der Waals surface area contributed by atoms with Crippen LogP contribution >= 0.6 is 0 Å². The summed E-state index contributed by atoms with van der Waals surface area (Å²) in [6.45, 7) is 22.6. The van der Waals surface area contributed by atoms with Gasteiger partial charge in [0.25, 0.3) is 0 Å². The molecular formula is C16H42O3Si4. The first kappa shape index (κ1) is 23.7. The highest BCUT2D eigenvalue weighted by molar-refractivity contribution is 6.90. The summed E-state index contributed by atoms with van der Waals surface area (Å²) in [6, 6.07) is 7.08. The van der Waals surface area contributed by atoms with Gasteiger partial charge < -0.3 is 12.3 Å². The lowest BCUT2D eigenvalue weighted by Gasteiger charge is -2.43. The molecular weight excluding hydrogens is 353 g/mol. The van der Waals surface area contributed by atoms with Gasteiger partial charge in [-0.05, 0) is 62.5 Å². The summed E-state index contributed by atoms with van der Waals surface area (Å²) in [4.78, 5) is 0. The Hall–Kier alpha value is 0.748. The fraction of sp³-hybridized carbons (Fsp3) is 1.00. The first-order valence-electron chi connectivity index (χ1n) is 9.59. The number of rotatable bonds is 12. The molecule has 0 heterocycles. The molecule has 0 rings (SSSR count). The van der Waals surface area contributed by atoms with Crippen LogP contribution in [0.15, 0.2) is 0 Å². The highest BCUT2D eigenvalue weighted by atomic mass is 28.5. The van der Waals surface area contributed by atoms with E-state index in [1.165, 1.54) is 36.3 Å². The molecule has 0 aliphatic heterocycles. The van der Waals surface area contributed by atoms with Crippen molar-refractivity contribution in [2.75, 3.05) is 0 Å². The molecule has 0 saturated carbocycles. The van der Waals surface area contributed by atoms with Gasteiger partial charge in [-0.25, -0.2) is 0 Å². The van der Waals surface area contributed by atoms with Gasteiger partial charge in [-0.2, -0.15) is 0 Å². The molecule has 0 aromatic heterocycles. The van der Waals surface area contributed by atoms with E-state index in [1.807, 2.05) is 0 Å². The van der Waals surface area contributed by atoms with Crippen LogP contribution in [0.3, 0.4) is 0 Å². The van der Waals surface area contributed by atoms with E-state index in [0.717, 1.165) is 0 Å². The van der Waals surface area contributed by atoms with Crippen LogP contribution in [-0.4, -0.2) is 33.8 Å². The maximum atomic E-state index is 6.75. The van der Waals surface area contributed by atoms with Gasteiger partial charge in [-0.3, -0.25) is 0 Å². The summed E-state index contributed by atoms with van der Waals surface area (Å²) in [5.74, 6) is 0. The predicted octanol–water partition coefficient (Wildman–Crippen LogP) is 6.45. The Kier molecular flexibility index (Phi) is 9.75. The lowest BCUT2D eigenvalue weighted by molar-refractivity contribution is 0.323. The summed E-state index contributed by atoms with van der Waals surface area (Å²) in [5.41, 5.74) is 0. The molecule has 0 aromatic carbocycles. The lowest BCUT2D eigenvalue weighted by Crippen LogP contribution is -2.58. The second-order valence-electron chi connectivity index (χ2n) is 7.59. The van der Waals surface area contributed by atoms with E-state index in [2.05, 4.69) is 67.7 Å². The standard InChI is InChI=1S/C16H42O3Si4/c1-11-22(12-2,13-3)18-20(7,8)17-21(9,10)19-23(14-4,15-5)16-6/h11-16H2,1-10H3. The molecule has 0 fully saturated rings. The zero-order valence-electron chi connectivity index (χ0n) is 17.5. The van der Waals surface area contributed by atoms with E-state index in [1.54, 1.807) is 0 Å². The van der Waals surface area contributed by atoms with Gasteiger partial charge in [-0.1, -0.05) is 41.5 Å². The fourth-order valence-electron chi connectivity index (χ4n) is 3.61. The smallest absolute Gasteiger partial charge is 0.312 e. The molecule has 0 spiro atoms. The molecule has 0 atom stereocenters. The highest BCUT2D eigenvalue weighted by Gasteiger charge is 2.45. The minimum Gasteiger partial charge on any atom is -0.436 e. The van der Waals surface area contributed by atoms with Gasteiger partial charge in [0, 0.05) is 0 Å². The monoisotopic (exact) mass is 394 g/mol. The van der Waals surface area contributed by atoms with E-state index in [0.29, 0.717) is 0 Å². The highest BCUT2D eigenvalue weighted by Crippen LogP contribution is 2.31. The Bertz CT molecular complexity index is 292. The van der Waals surface area contributed by atoms with Crippen LogP contribution in [0.25, 0.3) is 0 Å². The van der Waals surface area contributed by atoms with E-state index < -0.39 is 33.8 Å². The maximum absolute atomic E-state index is 6.75. The molecule has 0 unspecified atom stereocenters. The normalized spacial score (nSPS) is 14.3. The molecule has 0 bridgehead atoms. The zero-order valence-corrected chi connectivity index (χ0v) is 21.5. The topological polar surface area (TPSA) is 27.7 Å². The first-order chi connectivity index (χ1) is 10.5. The summed E-state index contributed by atoms with van der Waals surface area (Å²) < 4.78 is 20.2. The van der Waals surface area contributed by atoms with Crippen LogP contribution in [-0.2, 0) is 12.3 Å². The molecule has 0 aliphatic carbocycles. The minimum absolute atomic E-state index is 1.18. The predicted molar refractivity (Wildman–Crippen MR) is 113 cm³/mol. The third kappa shape index (κ3) is 7.25. The van der Waals surface area contributed by atoms with E-state index >= 15 is 0 Å². The molecule has 0 aromatic rings. The summed E-state index contributed by atoms with van der Waals surface area (Å²) >= 11 is 0. The molecule has 140 valence electrons. The maximum Gasteiger partial charge on any atom is 0.312 e. The molecule has 0 radical (unpaired) electrons. The van der Waals surface area contributed by atoms with Crippen LogP contribution in [0.4, 0.5) is 0 Å². The first-order valence-corrected chi connectivity index (χ1v) is 20.3. The van der Waals surface area contributed by atoms with E-state index in [-0.39, 0.29) is 0 Å². The minimum atomic E-state index is -2.15. The molecule has 3 nitrogen and oxygen atoms in total. The van der Waals surface area contributed by atoms with Crippen LogP contribution in [0.1, 0.15) is 41.5 Å². The average molecular weight is 395 g/mol. The van der Waals surface area contributed by atoms with Crippen LogP contribution in [0, 0.1) is 0 Å². The van der Waals surface area contributed by atoms with Crippen molar-refractivity contribution in [2.45, 2.75) is 104 Å². The molecule has 0 saturated heterocycles. The lowest BCUT2D eigenvalue weighted by atomic mass is 10.9. The third-order valence-corrected chi connectivity index (χ3v) is 24.3. The summed E-state index contributed by atoms with van der Waals surface area (Å²) in [5, 5.41) is 0.